The van der Waals surface area contributed by atoms with Gasteiger partial charge in [-0.25, -0.2) is 0 Å². The smallest absolute Gasteiger partial charge is 0.142 e. The standard InChI is InChI=1S/C46H51ClN4O4/c1-31-36(10-8-15-43(31)53-21-9-20-51-18-5-2-6-19-51)37-11-7-12-39-38(37)16-17-44(39)55-46-26-45(54-30-34-23-32(27-48)22-33(24-34)28-49)35(25-40(46)47)29-50-41-13-3-4-14-42(41)52/h7-8,10-12,15,22-26,41-42,44,50,52H,2-6,9,13-14,16-21,29-30H2,1H3/t41-,42+,44+/m1/s1. The lowest BCUT2D eigenvalue weighted by Gasteiger charge is -2.29. The lowest BCUT2D eigenvalue weighted by molar-refractivity contribution is 0.0901. The van der Waals surface area contributed by atoms with Crippen LogP contribution >= 0.6 is 11.6 Å². The van der Waals surface area contributed by atoms with Crippen molar-refractivity contribution in [3.8, 4) is 40.5 Å². The van der Waals surface area contributed by atoms with Crippen LogP contribution < -0.4 is 19.5 Å². The zero-order valence-corrected chi connectivity index (χ0v) is 32.5. The van der Waals surface area contributed by atoms with E-state index in [1.165, 1.54) is 49.0 Å². The zero-order chi connectivity index (χ0) is 38.1. The van der Waals surface area contributed by atoms with Crippen molar-refractivity contribution in [2.45, 2.75) is 103 Å². The van der Waals surface area contributed by atoms with E-state index >= 15 is 0 Å². The first-order valence-electron chi connectivity index (χ1n) is 19.9. The molecule has 1 heterocycles. The normalized spacial score (nSPS) is 19.6. The second-order valence-corrected chi connectivity index (χ2v) is 15.6. The number of ether oxygens (including phenoxy) is 3. The summed E-state index contributed by atoms with van der Waals surface area (Å²) in [6, 6.07) is 25.8. The van der Waals surface area contributed by atoms with Crippen molar-refractivity contribution in [1.82, 2.24) is 10.2 Å². The molecule has 2 fully saturated rings. The molecule has 1 aliphatic heterocycles. The number of nitrogens with zero attached hydrogens (tertiary/aromatic N) is 3. The van der Waals surface area contributed by atoms with Crippen LogP contribution in [0.2, 0.25) is 5.02 Å². The average molecular weight is 759 g/mol. The molecule has 7 rings (SSSR count). The largest absolute Gasteiger partial charge is 0.493 e. The summed E-state index contributed by atoms with van der Waals surface area (Å²) in [4.78, 5) is 2.56. The van der Waals surface area contributed by atoms with Crippen LogP contribution in [0.15, 0.2) is 66.7 Å². The van der Waals surface area contributed by atoms with Crippen molar-refractivity contribution >= 4 is 11.6 Å². The first kappa shape index (κ1) is 38.7. The van der Waals surface area contributed by atoms with E-state index in [0.29, 0.717) is 46.4 Å². The van der Waals surface area contributed by atoms with Crippen LogP contribution in [0.25, 0.3) is 11.1 Å². The number of hydrogen-bond acceptors (Lipinski definition) is 8. The third kappa shape index (κ3) is 9.46. The van der Waals surface area contributed by atoms with Crippen LogP contribution in [0.3, 0.4) is 0 Å². The fourth-order valence-electron chi connectivity index (χ4n) is 8.45. The third-order valence-electron chi connectivity index (χ3n) is 11.4. The van der Waals surface area contributed by atoms with Gasteiger partial charge in [0.05, 0.1) is 41.0 Å². The molecular weight excluding hydrogens is 708 g/mol. The molecule has 0 spiro atoms. The van der Waals surface area contributed by atoms with E-state index in [9.17, 15) is 15.6 Å². The predicted molar refractivity (Wildman–Crippen MR) is 215 cm³/mol. The van der Waals surface area contributed by atoms with Crippen LogP contribution in [-0.4, -0.2) is 48.4 Å². The van der Waals surface area contributed by atoms with Crippen LogP contribution in [0.1, 0.15) is 103 Å². The van der Waals surface area contributed by atoms with E-state index in [1.54, 1.807) is 18.2 Å². The Bertz CT molecular complexity index is 2020. The van der Waals surface area contributed by atoms with Crippen LogP contribution in [0.5, 0.6) is 17.2 Å². The second kappa shape index (κ2) is 18.4. The summed E-state index contributed by atoms with van der Waals surface area (Å²) in [5.74, 6) is 2.06. The highest BCUT2D eigenvalue weighted by atomic mass is 35.5. The number of rotatable bonds is 14. The van der Waals surface area contributed by atoms with Gasteiger partial charge in [0.15, 0.2) is 0 Å². The van der Waals surface area contributed by atoms with Gasteiger partial charge in [0.25, 0.3) is 0 Å². The lowest BCUT2D eigenvalue weighted by Crippen LogP contribution is -2.41. The summed E-state index contributed by atoms with van der Waals surface area (Å²) in [5.41, 5.74) is 8.33. The Balaban J connectivity index is 1.09. The number of likely N-dealkylation sites (tertiary alicyclic amines) is 1. The first-order valence-corrected chi connectivity index (χ1v) is 20.3. The molecule has 2 N–H and O–H groups in total. The Morgan fingerprint density at radius 3 is 2.38 bits per heavy atom. The van der Waals surface area contributed by atoms with Gasteiger partial charge < -0.3 is 29.5 Å². The molecule has 1 saturated heterocycles. The Morgan fingerprint density at radius 2 is 1.60 bits per heavy atom. The molecule has 286 valence electrons. The number of nitrogens with one attached hydrogen (secondary N) is 1. The predicted octanol–water partition coefficient (Wildman–Crippen LogP) is 9.35. The minimum absolute atomic E-state index is 0.00804. The Morgan fingerprint density at radius 1 is 0.836 bits per heavy atom. The fourth-order valence-corrected chi connectivity index (χ4v) is 8.69. The molecule has 0 aromatic heterocycles. The van der Waals surface area contributed by atoms with Crippen molar-refractivity contribution in [1.29, 1.82) is 10.5 Å². The molecular formula is C46H51ClN4O4. The molecule has 4 aromatic carbocycles. The Hall–Kier alpha value is -4.57. The maximum Gasteiger partial charge on any atom is 0.142 e. The van der Waals surface area contributed by atoms with Gasteiger partial charge >= 0.3 is 0 Å². The minimum Gasteiger partial charge on any atom is -0.493 e. The van der Waals surface area contributed by atoms with Gasteiger partial charge in [0.1, 0.15) is 30.0 Å². The Kier molecular flexibility index (Phi) is 12.9. The van der Waals surface area contributed by atoms with Crippen molar-refractivity contribution in [2.24, 2.45) is 0 Å². The number of benzene rings is 4. The van der Waals surface area contributed by atoms with Crippen molar-refractivity contribution in [2.75, 3.05) is 26.2 Å². The van der Waals surface area contributed by atoms with E-state index in [-0.39, 0.29) is 18.8 Å². The highest BCUT2D eigenvalue weighted by Crippen LogP contribution is 2.44. The van der Waals surface area contributed by atoms with Crippen molar-refractivity contribution < 1.29 is 19.3 Å². The summed E-state index contributed by atoms with van der Waals surface area (Å²) >= 11 is 6.97. The topological polar surface area (TPSA) is 111 Å². The molecule has 0 unspecified atom stereocenters. The van der Waals surface area contributed by atoms with Crippen LogP contribution in [-0.2, 0) is 19.6 Å². The van der Waals surface area contributed by atoms with Crippen LogP contribution in [0.4, 0.5) is 0 Å². The molecule has 4 aromatic rings. The highest BCUT2D eigenvalue weighted by molar-refractivity contribution is 6.32. The number of piperidine rings is 1. The molecule has 1 saturated carbocycles. The zero-order valence-electron chi connectivity index (χ0n) is 31.8. The van der Waals surface area contributed by atoms with Gasteiger partial charge in [0, 0.05) is 30.8 Å². The first-order chi connectivity index (χ1) is 26.9. The van der Waals surface area contributed by atoms with E-state index in [0.717, 1.165) is 73.9 Å². The lowest BCUT2D eigenvalue weighted by atomic mass is 9.92. The number of hydrogen-bond donors (Lipinski definition) is 2. The number of halogens is 1. The quantitative estimate of drug-likeness (QED) is 0.123. The molecule has 0 amide bonds. The van der Waals surface area contributed by atoms with Gasteiger partial charge in [-0.2, -0.15) is 10.5 Å². The number of aliphatic hydroxyl groups excluding tert-OH is 1. The van der Waals surface area contributed by atoms with Gasteiger partial charge in [0.2, 0.25) is 0 Å². The Labute approximate surface area is 330 Å². The molecule has 9 heteroatoms. The molecule has 3 atom stereocenters. The number of aliphatic hydroxyl groups is 1. The molecule has 3 aliphatic rings. The second-order valence-electron chi connectivity index (χ2n) is 15.2. The summed E-state index contributed by atoms with van der Waals surface area (Å²) in [7, 11) is 0. The summed E-state index contributed by atoms with van der Waals surface area (Å²) in [5, 5.41) is 33.7. The number of fused-ring (bicyclic) bond motifs is 1. The van der Waals surface area contributed by atoms with Crippen molar-refractivity contribution in [3.05, 3.63) is 111 Å². The molecule has 0 bridgehead atoms. The summed E-state index contributed by atoms with van der Waals surface area (Å²) < 4.78 is 19.5. The fraction of sp³-hybridized carbons (Fsp3) is 0.435. The third-order valence-corrected chi connectivity index (χ3v) is 11.7. The van der Waals surface area contributed by atoms with Gasteiger partial charge in [-0.1, -0.05) is 61.2 Å². The maximum atomic E-state index is 10.6. The SMILES string of the molecule is Cc1c(OCCCN2CCCCC2)cccc1-c1cccc2c1CC[C@@H]2Oc1cc(OCc2cc(C#N)cc(C#N)c2)c(CN[C@@H]2CCCC[C@@H]2O)cc1Cl. The maximum absolute atomic E-state index is 10.6. The molecule has 8 nitrogen and oxygen atoms in total. The van der Waals surface area contributed by atoms with Gasteiger partial charge in [-0.05, 0) is 129 Å². The minimum atomic E-state index is -0.394. The van der Waals surface area contributed by atoms with Gasteiger partial charge in [-0.3, -0.25) is 0 Å². The summed E-state index contributed by atoms with van der Waals surface area (Å²) in [6.45, 7) is 6.97. The van der Waals surface area contributed by atoms with E-state index in [1.807, 2.05) is 12.1 Å². The monoisotopic (exact) mass is 758 g/mol. The molecule has 0 radical (unpaired) electrons. The number of nitriles is 2. The van der Waals surface area contributed by atoms with E-state index < -0.39 is 6.10 Å². The van der Waals surface area contributed by atoms with Crippen LogP contribution in [0, 0.1) is 29.6 Å². The van der Waals surface area contributed by atoms with Crippen molar-refractivity contribution in [3.63, 3.8) is 0 Å². The summed E-state index contributed by atoms with van der Waals surface area (Å²) in [6.07, 6.45) is 9.88. The van der Waals surface area contributed by atoms with Gasteiger partial charge in [-0.15, -0.1) is 0 Å². The molecule has 55 heavy (non-hydrogen) atoms. The molecule has 2 aliphatic carbocycles. The van der Waals surface area contributed by atoms with E-state index in [4.69, 9.17) is 25.8 Å². The van der Waals surface area contributed by atoms with E-state index in [2.05, 4.69) is 65.7 Å². The highest BCUT2D eigenvalue weighted by Gasteiger charge is 2.29. The average Bonchev–Trinajstić information content (AvgIpc) is 3.63.